The van der Waals surface area contributed by atoms with Crippen LogP contribution >= 0.6 is 11.6 Å². The Morgan fingerprint density at radius 1 is 0.404 bits per heavy atom. The maximum Gasteiger partial charge on any atom is 0.0541 e. The Bertz CT molecular complexity index is 2640. The van der Waals surface area contributed by atoms with Crippen LogP contribution in [0.3, 0.4) is 0 Å². The molecule has 1 aromatic heterocycles. The van der Waals surface area contributed by atoms with Gasteiger partial charge in [-0.3, -0.25) is 0 Å². The van der Waals surface area contributed by atoms with Crippen molar-refractivity contribution < 1.29 is 0 Å². The SMILES string of the molecule is Cc1cc(N(c2ccc(-c3ccccc3)cc2)c2ccc(-c3ccc4c(c3)c3ccccc3n4-c3ccccc3)cc2)cc(Cl)c1-c1ccccc1. The molecule has 0 unspecified atom stereocenters. The molecule has 2 nitrogen and oxygen atoms in total. The fourth-order valence-electron chi connectivity index (χ4n) is 7.52. The van der Waals surface area contributed by atoms with Crippen LogP contribution in [0.2, 0.25) is 5.02 Å². The molecule has 0 radical (unpaired) electrons. The van der Waals surface area contributed by atoms with E-state index >= 15 is 0 Å². The van der Waals surface area contributed by atoms with E-state index in [2.05, 4.69) is 204 Å². The fourth-order valence-corrected chi connectivity index (χ4v) is 7.89. The number of nitrogens with zero attached hydrogens (tertiary/aromatic N) is 2. The first-order valence-electron chi connectivity index (χ1n) is 17.6. The van der Waals surface area contributed by atoms with E-state index in [1.54, 1.807) is 0 Å². The first-order chi connectivity index (χ1) is 25.6. The third kappa shape index (κ3) is 5.74. The Balaban J connectivity index is 1.13. The number of rotatable bonds is 7. The Kier molecular flexibility index (Phi) is 8.15. The normalized spacial score (nSPS) is 11.3. The van der Waals surface area contributed by atoms with Gasteiger partial charge in [0.2, 0.25) is 0 Å². The third-order valence-electron chi connectivity index (χ3n) is 9.97. The molecule has 0 saturated carbocycles. The van der Waals surface area contributed by atoms with Crippen molar-refractivity contribution in [3.8, 4) is 39.1 Å². The first-order valence-corrected chi connectivity index (χ1v) is 18.0. The van der Waals surface area contributed by atoms with Crippen LogP contribution in [0.15, 0.2) is 194 Å². The van der Waals surface area contributed by atoms with Crippen LogP contribution in [0.4, 0.5) is 17.1 Å². The fraction of sp³-hybridized carbons (Fsp3) is 0.0204. The van der Waals surface area contributed by atoms with Gasteiger partial charge in [0.05, 0.1) is 16.1 Å². The van der Waals surface area contributed by atoms with Crippen molar-refractivity contribution in [2.45, 2.75) is 6.92 Å². The number of aryl methyl sites for hydroxylation is 1. The molecule has 1 heterocycles. The van der Waals surface area contributed by atoms with Crippen molar-refractivity contribution in [2.75, 3.05) is 4.90 Å². The molecular formula is C49H35ClN2. The van der Waals surface area contributed by atoms with Gasteiger partial charge in [-0.1, -0.05) is 139 Å². The molecule has 248 valence electrons. The van der Waals surface area contributed by atoms with Crippen LogP contribution < -0.4 is 4.90 Å². The Morgan fingerprint density at radius 3 is 1.54 bits per heavy atom. The highest BCUT2D eigenvalue weighted by molar-refractivity contribution is 6.34. The van der Waals surface area contributed by atoms with E-state index in [4.69, 9.17) is 11.6 Å². The van der Waals surface area contributed by atoms with Crippen LogP contribution in [0.1, 0.15) is 5.56 Å². The smallest absolute Gasteiger partial charge is 0.0541 e. The summed E-state index contributed by atoms with van der Waals surface area (Å²) in [5.74, 6) is 0. The molecule has 52 heavy (non-hydrogen) atoms. The largest absolute Gasteiger partial charge is 0.310 e. The second kappa shape index (κ2) is 13.4. The monoisotopic (exact) mass is 686 g/mol. The number of para-hydroxylation sites is 2. The van der Waals surface area contributed by atoms with Crippen LogP contribution in [-0.2, 0) is 0 Å². The van der Waals surface area contributed by atoms with Crippen molar-refractivity contribution in [2.24, 2.45) is 0 Å². The summed E-state index contributed by atoms with van der Waals surface area (Å²) in [6, 6.07) is 69.0. The van der Waals surface area contributed by atoms with Crippen LogP contribution in [0.5, 0.6) is 0 Å². The molecule has 0 atom stereocenters. The lowest BCUT2D eigenvalue weighted by molar-refractivity contribution is 1.18. The number of anilines is 3. The van der Waals surface area contributed by atoms with E-state index in [1.807, 2.05) is 6.07 Å². The predicted octanol–water partition coefficient (Wildman–Crippen LogP) is 14.2. The van der Waals surface area contributed by atoms with Gasteiger partial charge in [-0.15, -0.1) is 0 Å². The molecule has 9 rings (SSSR count). The Morgan fingerprint density at radius 2 is 0.904 bits per heavy atom. The Hall–Kier alpha value is -6.35. The minimum absolute atomic E-state index is 0.728. The minimum Gasteiger partial charge on any atom is -0.310 e. The topological polar surface area (TPSA) is 8.17 Å². The van der Waals surface area contributed by atoms with E-state index in [9.17, 15) is 0 Å². The van der Waals surface area contributed by atoms with Crippen molar-refractivity contribution in [1.29, 1.82) is 0 Å². The van der Waals surface area contributed by atoms with Crippen LogP contribution in [0, 0.1) is 6.92 Å². The Labute approximate surface area is 309 Å². The lowest BCUT2D eigenvalue weighted by atomic mass is 9.98. The third-order valence-corrected chi connectivity index (χ3v) is 10.3. The number of aromatic nitrogens is 1. The lowest BCUT2D eigenvalue weighted by Gasteiger charge is -2.27. The van der Waals surface area contributed by atoms with E-state index in [1.165, 1.54) is 38.5 Å². The van der Waals surface area contributed by atoms with Crippen molar-refractivity contribution >= 4 is 50.5 Å². The predicted molar refractivity (Wildman–Crippen MR) is 222 cm³/mol. The van der Waals surface area contributed by atoms with E-state index < -0.39 is 0 Å². The summed E-state index contributed by atoms with van der Waals surface area (Å²) in [7, 11) is 0. The minimum atomic E-state index is 0.728. The molecular weight excluding hydrogens is 652 g/mol. The molecule has 0 fully saturated rings. The molecule has 0 saturated heterocycles. The molecule has 0 bridgehead atoms. The summed E-state index contributed by atoms with van der Waals surface area (Å²) < 4.78 is 2.36. The average Bonchev–Trinajstić information content (AvgIpc) is 3.53. The van der Waals surface area contributed by atoms with Gasteiger partial charge in [0.25, 0.3) is 0 Å². The molecule has 8 aromatic carbocycles. The highest BCUT2D eigenvalue weighted by atomic mass is 35.5. The lowest BCUT2D eigenvalue weighted by Crippen LogP contribution is -2.10. The quantitative estimate of drug-likeness (QED) is 0.162. The zero-order valence-corrected chi connectivity index (χ0v) is 29.5. The van der Waals surface area contributed by atoms with Crippen molar-refractivity contribution in [3.05, 3.63) is 205 Å². The summed E-state index contributed by atoms with van der Waals surface area (Å²) in [4.78, 5) is 2.29. The van der Waals surface area contributed by atoms with Gasteiger partial charge >= 0.3 is 0 Å². The van der Waals surface area contributed by atoms with Crippen molar-refractivity contribution in [1.82, 2.24) is 4.57 Å². The van der Waals surface area contributed by atoms with E-state index in [-0.39, 0.29) is 0 Å². The van der Waals surface area contributed by atoms with Gasteiger partial charge in [-0.25, -0.2) is 0 Å². The molecule has 0 N–H and O–H groups in total. The first kappa shape index (κ1) is 31.6. The molecule has 9 aromatic rings. The second-order valence-corrected chi connectivity index (χ2v) is 13.6. The van der Waals surface area contributed by atoms with E-state index in [0.717, 1.165) is 50.0 Å². The molecule has 0 aliphatic rings. The molecule has 0 spiro atoms. The highest BCUT2D eigenvalue weighted by Gasteiger charge is 2.18. The van der Waals surface area contributed by atoms with Gasteiger partial charge in [-0.2, -0.15) is 0 Å². The molecule has 0 aliphatic carbocycles. The maximum atomic E-state index is 7.10. The summed E-state index contributed by atoms with van der Waals surface area (Å²) in [6.07, 6.45) is 0. The number of benzene rings is 8. The summed E-state index contributed by atoms with van der Waals surface area (Å²) in [5, 5.41) is 3.22. The molecule has 0 amide bonds. The summed E-state index contributed by atoms with van der Waals surface area (Å²) >= 11 is 7.10. The number of hydrogen-bond acceptors (Lipinski definition) is 1. The van der Waals surface area contributed by atoms with E-state index in [0.29, 0.717) is 0 Å². The number of fused-ring (bicyclic) bond motifs is 3. The van der Waals surface area contributed by atoms with Gasteiger partial charge < -0.3 is 9.47 Å². The second-order valence-electron chi connectivity index (χ2n) is 13.2. The van der Waals surface area contributed by atoms with Gasteiger partial charge in [0.1, 0.15) is 0 Å². The summed E-state index contributed by atoms with van der Waals surface area (Å²) in [5.41, 5.74) is 14.7. The average molecular weight is 687 g/mol. The highest BCUT2D eigenvalue weighted by Crippen LogP contribution is 2.42. The van der Waals surface area contributed by atoms with Gasteiger partial charge in [0, 0.05) is 39.1 Å². The van der Waals surface area contributed by atoms with Crippen molar-refractivity contribution in [3.63, 3.8) is 0 Å². The molecule has 0 aliphatic heterocycles. The zero-order chi connectivity index (χ0) is 35.0. The van der Waals surface area contributed by atoms with Gasteiger partial charge in [0.15, 0.2) is 0 Å². The maximum absolute atomic E-state index is 7.10. The van der Waals surface area contributed by atoms with Crippen LogP contribution in [-0.4, -0.2) is 4.57 Å². The number of halogens is 1. The number of hydrogen-bond donors (Lipinski definition) is 0. The van der Waals surface area contributed by atoms with Gasteiger partial charge in [-0.05, 0) is 107 Å². The summed E-state index contributed by atoms with van der Waals surface area (Å²) in [6.45, 7) is 2.14. The standard InChI is InChI=1S/C49H35ClN2/c1-34-31-43(33-46(50)49(34)38-15-7-3-8-16-38)51(41-26-21-36(22-27-41)35-13-5-2-6-14-35)42-28-23-37(24-29-42)39-25-30-48-45(32-39)44-19-11-12-20-47(44)52(48)40-17-9-4-10-18-40/h2-33H,1H3. The molecule has 3 heteroatoms. The van der Waals surface area contributed by atoms with Crippen LogP contribution in [0.25, 0.3) is 60.9 Å². The zero-order valence-electron chi connectivity index (χ0n) is 28.7.